The number of phenolic OH excluding ortho intramolecular Hbond substituents is 2. The van der Waals surface area contributed by atoms with E-state index in [2.05, 4.69) is 0 Å². The van der Waals surface area contributed by atoms with E-state index in [1.165, 1.54) is 33.5 Å². The van der Waals surface area contributed by atoms with Crippen molar-refractivity contribution >= 4 is 5.78 Å². The zero-order valence-corrected chi connectivity index (χ0v) is 14.0. The maximum Gasteiger partial charge on any atom is 0.207 e. The monoisotopic (exact) mass is 346 g/mol. The second-order valence-electron chi connectivity index (χ2n) is 5.50. The molecule has 2 aromatic carbocycles. The first-order chi connectivity index (χ1) is 12.0. The maximum atomic E-state index is 12.5. The van der Waals surface area contributed by atoms with Crippen LogP contribution in [0, 0.1) is 0 Å². The minimum atomic E-state index is -0.652. The molecule has 1 heterocycles. The quantitative estimate of drug-likeness (QED) is 0.879. The van der Waals surface area contributed by atoms with Crippen molar-refractivity contribution in [2.75, 3.05) is 21.3 Å². The molecule has 2 N–H and O–H groups in total. The van der Waals surface area contributed by atoms with E-state index >= 15 is 0 Å². The van der Waals surface area contributed by atoms with Crippen molar-refractivity contribution in [3.8, 4) is 34.5 Å². The van der Waals surface area contributed by atoms with Crippen molar-refractivity contribution in [3.63, 3.8) is 0 Å². The number of phenols is 2. The Kier molecular flexibility index (Phi) is 4.31. The highest BCUT2D eigenvalue weighted by atomic mass is 16.5. The summed E-state index contributed by atoms with van der Waals surface area (Å²) in [5.41, 5.74) is 0.815. The summed E-state index contributed by atoms with van der Waals surface area (Å²) in [6.07, 6.45) is -0.589. The molecular formula is C18H18O7. The molecule has 0 amide bonds. The van der Waals surface area contributed by atoms with E-state index in [9.17, 15) is 15.0 Å². The van der Waals surface area contributed by atoms with E-state index in [-0.39, 0.29) is 46.5 Å². The molecule has 132 valence electrons. The van der Waals surface area contributed by atoms with Crippen LogP contribution >= 0.6 is 0 Å². The Morgan fingerprint density at radius 2 is 1.76 bits per heavy atom. The zero-order chi connectivity index (χ0) is 18.1. The highest BCUT2D eigenvalue weighted by Gasteiger charge is 2.33. The topological polar surface area (TPSA) is 94.5 Å². The predicted octanol–water partition coefficient (Wildman–Crippen LogP) is 2.83. The third-order valence-electron chi connectivity index (χ3n) is 4.10. The fourth-order valence-corrected chi connectivity index (χ4v) is 2.84. The summed E-state index contributed by atoms with van der Waals surface area (Å²) in [4.78, 5) is 12.5. The summed E-state index contributed by atoms with van der Waals surface area (Å²) in [6.45, 7) is 0. The van der Waals surface area contributed by atoms with Gasteiger partial charge in [-0.15, -0.1) is 0 Å². The lowest BCUT2D eigenvalue weighted by Gasteiger charge is -2.27. The number of benzene rings is 2. The molecule has 0 unspecified atom stereocenters. The number of carbonyl (C=O) groups is 1. The van der Waals surface area contributed by atoms with Crippen LogP contribution in [0.25, 0.3) is 0 Å². The molecule has 0 radical (unpaired) electrons. The molecular weight excluding hydrogens is 328 g/mol. The van der Waals surface area contributed by atoms with Gasteiger partial charge >= 0.3 is 0 Å². The van der Waals surface area contributed by atoms with Crippen molar-refractivity contribution in [1.82, 2.24) is 0 Å². The Morgan fingerprint density at radius 3 is 2.36 bits per heavy atom. The van der Waals surface area contributed by atoms with Crippen molar-refractivity contribution in [2.45, 2.75) is 12.5 Å². The van der Waals surface area contributed by atoms with Crippen LogP contribution in [-0.2, 0) is 0 Å². The fourth-order valence-electron chi connectivity index (χ4n) is 2.84. The van der Waals surface area contributed by atoms with Gasteiger partial charge in [-0.1, -0.05) is 6.07 Å². The van der Waals surface area contributed by atoms with Gasteiger partial charge in [0.05, 0.1) is 33.3 Å². The van der Waals surface area contributed by atoms with E-state index < -0.39 is 6.10 Å². The van der Waals surface area contributed by atoms with E-state index in [1.807, 2.05) is 0 Å². The first-order valence-corrected chi connectivity index (χ1v) is 7.54. The molecule has 1 atom stereocenters. The Bertz CT molecular complexity index is 829. The van der Waals surface area contributed by atoms with Crippen molar-refractivity contribution in [2.24, 2.45) is 0 Å². The fraction of sp³-hybridized carbons (Fsp3) is 0.278. The lowest BCUT2D eigenvalue weighted by Crippen LogP contribution is -2.20. The highest BCUT2D eigenvalue weighted by molar-refractivity contribution is 6.02. The van der Waals surface area contributed by atoms with Gasteiger partial charge in [-0.2, -0.15) is 0 Å². The second-order valence-corrected chi connectivity index (χ2v) is 5.50. The molecule has 0 bridgehead atoms. The zero-order valence-electron chi connectivity index (χ0n) is 14.0. The average Bonchev–Trinajstić information content (AvgIpc) is 2.61. The summed E-state index contributed by atoms with van der Waals surface area (Å²) in [6, 6.07) is 6.24. The van der Waals surface area contributed by atoms with Crippen molar-refractivity contribution in [3.05, 3.63) is 35.4 Å². The Balaban J connectivity index is 2.03. The molecule has 0 spiro atoms. The van der Waals surface area contributed by atoms with Crippen LogP contribution in [0.5, 0.6) is 34.5 Å². The highest BCUT2D eigenvalue weighted by Crippen LogP contribution is 2.50. The molecule has 7 heteroatoms. The summed E-state index contributed by atoms with van der Waals surface area (Å²) in [5.74, 6) is 0.127. The molecule has 0 saturated heterocycles. The minimum Gasteiger partial charge on any atom is -0.504 e. The Hall–Kier alpha value is -3.09. The molecule has 0 aliphatic carbocycles. The number of rotatable bonds is 4. The van der Waals surface area contributed by atoms with Gasteiger partial charge in [0.15, 0.2) is 28.8 Å². The van der Waals surface area contributed by atoms with Crippen LogP contribution in [0.1, 0.15) is 28.4 Å². The molecule has 3 rings (SSSR count). The SMILES string of the molecule is COc1ccc([C@@H]2CC(=O)c3cc(OC)c(OC)c(O)c3O2)cc1O. The van der Waals surface area contributed by atoms with Crippen LogP contribution in [-0.4, -0.2) is 37.3 Å². The number of ketones is 1. The Morgan fingerprint density at radius 1 is 1.04 bits per heavy atom. The van der Waals surface area contributed by atoms with Crippen LogP contribution in [0.4, 0.5) is 0 Å². The Labute approximate surface area is 144 Å². The normalized spacial score (nSPS) is 16.0. The van der Waals surface area contributed by atoms with Crippen molar-refractivity contribution in [1.29, 1.82) is 0 Å². The van der Waals surface area contributed by atoms with Gasteiger partial charge in [0.1, 0.15) is 6.10 Å². The van der Waals surface area contributed by atoms with Crippen LogP contribution in [0.15, 0.2) is 24.3 Å². The van der Waals surface area contributed by atoms with Gasteiger partial charge in [-0.05, 0) is 23.8 Å². The number of carbonyl (C=O) groups excluding carboxylic acids is 1. The molecule has 0 aromatic heterocycles. The van der Waals surface area contributed by atoms with Gasteiger partial charge in [-0.3, -0.25) is 4.79 Å². The van der Waals surface area contributed by atoms with E-state index in [4.69, 9.17) is 18.9 Å². The number of hydrogen-bond donors (Lipinski definition) is 2. The average molecular weight is 346 g/mol. The second kappa shape index (κ2) is 6.43. The first kappa shape index (κ1) is 16.8. The van der Waals surface area contributed by atoms with Gasteiger partial charge in [0.25, 0.3) is 0 Å². The van der Waals surface area contributed by atoms with Gasteiger partial charge in [-0.25, -0.2) is 0 Å². The van der Waals surface area contributed by atoms with Crippen LogP contribution in [0.3, 0.4) is 0 Å². The lowest BCUT2D eigenvalue weighted by atomic mass is 9.95. The molecule has 2 aromatic rings. The van der Waals surface area contributed by atoms with Gasteiger partial charge < -0.3 is 29.2 Å². The molecule has 1 aliphatic heterocycles. The number of Topliss-reactive ketones (excluding diaryl/α,β-unsaturated/α-hetero) is 1. The standard InChI is InChI=1S/C18H18O7/c1-22-13-5-4-9(6-12(13)20)14-8-11(19)10-7-15(23-2)18(24-3)16(21)17(10)25-14/h4-7,14,20-21H,8H2,1-3H3/t14-/m0/s1. The number of methoxy groups -OCH3 is 3. The van der Waals surface area contributed by atoms with E-state index in [0.29, 0.717) is 11.3 Å². The summed E-state index contributed by atoms with van der Waals surface area (Å²) >= 11 is 0. The van der Waals surface area contributed by atoms with E-state index in [1.54, 1.807) is 12.1 Å². The van der Waals surface area contributed by atoms with Gasteiger partial charge in [0, 0.05) is 0 Å². The maximum absolute atomic E-state index is 12.5. The molecule has 25 heavy (non-hydrogen) atoms. The number of hydrogen-bond acceptors (Lipinski definition) is 7. The van der Waals surface area contributed by atoms with Crippen LogP contribution in [0.2, 0.25) is 0 Å². The third kappa shape index (κ3) is 2.77. The molecule has 0 saturated carbocycles. The van der Waals surface area contributed by atoms with Crippen molar-refractivity contribution < 1.29 is 34.0 Å². The smallest absolute Gasteiger partial charge is 0.207 e. The predicted molar refractivity (Wildman–Crippen MR) is 88.2 cm³/mol. The van der Waals surface area contributed by atoms with E-state index in [0.717, 1.165) is 0 Å². The summed E-state index contributed by atoms with van der Waals surface area (Å²) < 4.78 is 21.1. The third-order valence-corrected chi connectivity index (χ3v) is 4.10. The summed E-state index contributed by atoms with van der Waals surface area (Å²) in [5, 5.41) is 20.4. The first-order valence-electron chi connectivity index (χ1n) is 7.54. The molecule has 0 fully saturated rings. The summed E-state index contributed by atoms with van der Waals surface area (Å²) in [7, 11) is 4.25. The number of ether oxygens (including phenoxy) is 4. The number of fused-ring (bicyclic) bond motifs is 1. The number of aromatic hydroxyl groups is 2. The van der Waals surface area contributed by atoms with Gasteiger partial charge in [0.2, 0.25) is 11.5 Å². The largest absolute Gasteiger partial charge is 0.504 e. The minimum absolute atomic E-state index is 0.0363. The van der Waals surface area contributed by atoms with Crippen LogP contribution < -0.4 is 18.9 Å². The lowest BCUT2D eigenvalue weighted by molar-refractivity contribution is 0.0839. The molecule has 7 nitrogen and oxygen atoms in total. The molecule has 1 aliphatic rings.